The van der Waals surface area contributed by atoms with Gasteiger partial charge >= 0.3 is 0 Å². The van der Waals surface area contributed by atoms with Crippen molar-refractivity contribution in [3.63, 3.8) is 0 Å². The fraction of sp³-hybridized carbons (Fsp3) is 0.0833. The van der Waals surface area contributed by atoms with E-state index in [1.807, 2.05) is 17.5 Å². The lowest BCUT2D eigenvalue weighted by Crippen LogP contribution is -2.17. The highest BCUT2D eigenvalue weighted by atomic mass is 35.5. The number of nitrogens with zero attached hydrogens (tertiary/aromatic N) is 2. The zero-order valence-electron chi connectivity index (χ0n) is 10.4. The molecule has 8 heteroatoms. The first-order valence-electron chi connectivity index (χ1n) is 5.65. The highest BCUT2D eigenvalue weighted by Gasteiger charge is 2.22. The molecule has 0 aliphatic rings. The maximum absolute atomic E-state index is 12.3. The van der Waals surface area contributed by atoms with Gasteiger partial charge in [-0.2, -0.15) is 13.5 Å². The highest BCUT2D eigenvalue weighted by molar-refractivity contribution is 7.92. The van der Waals surface area contributed by atoms with Gasteiger partial charge in [0.2, 0.25) is 0 Å². The topological polar surface area (TPSA) is 64.0 Å². The molecule has 0 bridgehead atoms. The zero-order chi connectivity index (χ0) is 14.3. The number of fused-ring (bicyclic) bond motifs is 1. The summed E-state index contributed by atoms with van der Waals surface area (Å²) < 4.78 is 29.5. The number of hydrogen-bond acceptors (Lipinski definition) is 4. The molecule has 0 atom stereocenters. The number of hydrogen-bond donors (Lipinski definition) is 1. The zero-order valence-corrected chi connectivity index (χ0v) is 12.8. The summed E-state index contributed by atoms with van der Waals surface area (Å²) in [5.74, 6) is 0. The van der Waals surface area contributed by atoms with Gasteiger partial charge in [0.15, 0.2) is 5.03 Å². The van der Waals surface area contributed by atoms with Crippen molar-refractivity contribution >= 4 is 48.7 Å². The van der Waals surface area contributed by atoms with E-state index in [4.69, 9.17) is 11.6 Å². The molecule has 3 aromatic rings. The number of halogens is 1. The molecular formula is C12H10ClN3O2S2. The van der Waals surface area contributed by atoms with E-state index < -0.39 is 10.0 Å². The van der Waals surface area contributed by atoms with Crippen LogP contribution < -0.4 is 4.72 Å². The van der Waals surface area contributed by atoms with Gasteiger partial charge in [-0.1, -0.05) is 11.6 Å². The van der Waals surface area contributed by atoms with Crippen molar-refractivity contribution < 1.29 is 8.42 Å². The van der Waals surface area contributed by atoms with Gasteiger partial charge in [-0.05, 0) is 35.0 Å². The van der Waals surface area contributed by atoms with Crippen LogP contribution in [-0.2, 0) is 17.1 Å². The summed E-state index contributed by atoms with van der Waals surface area (Å²) in [5.41, 5.74) is 0.494. The van der Waals surface area contributed by atoms with Gasteiger partial charge in [0, 0.05) is 17.4 Å². The maximum Gasteiger partial charge on any atom is 0.280 e. The molecule has 3 rings (SSSR count). The molecule has 1 aromatic carbocycles. The lowest BCUT2D eigenvalue weighted by Gasteiger charge is -2.08. The fourth-order valence-corrected chi connectivity index (χ4v) is 4.42. The summed E-state index contributed by atoms with van der Waals surface area (Å²) in [6.07, 6.45) is 1.30. The Hall–Kier alpha value is -1.57. The van der Waals surface area contributed by atoms with Gasteiger partial charge in [-0.3, -0.25) is 9.40 Å². The number of sulfonamides is 1. The standard InChI is InChI=1S/C12H10ClN3O2S2/c1-16-12(10(13)7-14-16)20(17,18)15-9-2-3-11-8(6-9)4-5-19-11/h2-7,15H,1H3. The van der Waals surface area contributed by atoms with E-state index in [9.17, 15) is 8.42 Å². The molecule has 0 unspecified atom stereocenters. The van der Waals surface area contributed by atoms with Gasteiger partial charge in [-0.25, -0.2) is 0 Å². The summed E-state index contributed by atoms with van der Waals surface area (Å²) in [6, 6.07) is 7.33. The van der Waals surface area contributed by atoms with Gasteiger partial charge < -0.3 is 0 Å². The van der Waals surface area contributed by atoms with Crippen LogP contribution in [0.25, 0.3) is 10.1 Å². The summed E-state index contributed by atoms with van der Waals surface area (Å²) in [7, 11) is -2.23. The maximum atomic E-state index is 12.3. The van der Waals surface area contributed by atoms with Crippen LogP contribution in [0.2, 0.25) is 5.02 Å². The van der Waals surface area contributed by atoms with Gasteiger partial charge in [0.1, 0.15) is 0 Å². The van der Waals surface area contributed by atoms with E-state index in [1.54, 1.807) is 23.5 Å². The number of nitrogens with one attached hydrogen (secondary N) is 1. The Morgan fingerprint density at radius 3 is 2.85 bits per heavy atom. The van der Waals surface area contributed by atoms with Gasteiger partial charge in [0.05, 0.1) is 11.2 Å². The number of thiophene rings is 1. The number of rotatable bonds is 3. The second-order valence-corrected chi connectivity index (χ2v) is 7.15. The number of aryl methyl sites for hydroxylation is 1. The Kier molecular flexibility index (Phi) is 3.19. The molecule has 0 saturated heterocycles. The molecule has 2 aromatic heterocycles. The largest absolute Gasteiger partial charge is 0.280 e. The van der Waals surface area contributed by atoms with Gasteiger partial charge in [-0.15, -0.1) is 11.3 Å². The molecule has 2 heterocycles. The van der Waals surface area contributed by atoms with Crippen LogP contribution in [0.15, 0.2) is 40.9 Å². The normalized spacial score (nSPS) is 11.9. The minimum atomic E-state index is -3.76. The Morgan fingerprint density at radius 2 is 2.15 bits per heavy atom. The molecule has 1 N–H and O–H groups in total. The van der Waals surface area contributed by atoms with Crippen molar-refractivity contribution in [2.75, 3.05) is 4.72 Å². The van der Waals surface area contributed by atoms with Crippen LogP contribution in [0.1, 0.15) is 0 Å². The molecule has 0 spiro atoms. The van der Waals surface area contributed by atoms with E-state index in [-0.39, 0.29) is 10.0 Å². The third-order valence-electron chi connectivity index (χ3n) is 2.80. The third-order valence-corrected chi connectivity index (χ3v) is 5.59. The predicted molar refractivity (Wildman–Crippen MR) is 80.9 cm³/mol. The second kappa shape index (κ2) is 4.76. The van der Waals surface area contributed by atoms with Crippen molar-refractivity contribution in [3.8, 4) is 0 Å². The van der Waals surface area contributed by atoms with E-state index in [0.29, 0.717) is 5.69 Å². The van der Waals surface area contributed by atoms with Crippen molar-refractivity contribution in [2.24, 2.45) is 7.05 Å². The van der Waals surface area contributed by atoms with Crippen LogP contribution >= 0.6 is 22.9 Å². The summed E-state index contributed by atoms with van der Waals surface area (Å²) in [6.45, 7) is 0. The van der Waals surface area contributed by atoms with Crippen molar-refractivity contribution in [2.45, 2.75) is 5.03 Å². The quantitative estimate of drug-likeness (QED) is 0.804. The summed E-state index contributed by atoms with van der Waals surface area (Å²) >= 11 is 7.48. The monoisotopic (exact) mass is 327 g/mol. The predicted octanol–water partition coefficient (Wildman–Crippen LogP) is 3.09. The Labute approximate surface area is 124 Å². The molecular weight excluding hydrogens is 318 g/mol. The van der Waals surface area contributed by atoms with Crippen LogP contribution in [0.4, 0.5) is 5.69 Å². The van der Waals surface area contributed by atoms with Crippen LogP contribution in [0.3, 0.4) is 0 Å². The molecule has 0 aliphatic heterocycles. The molecule has 104 valence electrons. The molecule has 0 amide bonds. The Bertz CT molecular complexity index is 864. The van der Waals surface area contributed by atoms with Crippen LogP contribution in [0, 0.1) is 0 Å². The molecule has 0 aliphatic carbocycles. The van der Waals surface area contributed by atoms with Crippen molar-refractivity contribution in [1.29, 1.82) is 0 Å². The van der Waals surface area contributed by atoms with Gasteiger partial charge in [0.25, 0.3) is 10.0 Å². The molecule has 0 saturated carbocycles. The molecule has 0 fully saturated rings. The molecule has 5 nitrogen and oxygen atoms in total. The van der Waals surface area contributed by atoms with E-state index in [1.165, 1.54) is 17.9 Å². The number of aromatic nitrogens is 2. The Morgan fingerprint density at radius 1 is 1.35 bits per heavy atom. The average molecular weight is 328 g/mol. The first-order valence-corrected chi connectivity index (χ1v) is 8.39. The van der Waals surface area contributed by atoms with Crippen LogP contribution in [-0.4, -0.2) is 18.2 Å². The number of benzene rings is 1. The van der Waals surface area contributed by atoms with E-state index in [2.05, 4.69) is 9.82 Å². The number of anilines is 1. The van der Waals surface area contributed by atoms with Crippen LogP contribution in [0.5, 0.6) is 0 Å². The van der Waals surface area contributed by atoms with E-state index >= 15 is 0 Å². The first kappa shape index (κ1) is 13.4. The summed E-state index contributed by atoms with van der Waals surface area (Å²) in [4.78, 5) is 0. The average Bonchev–Trinajstić information content (AvgIpc) is 2.95. The fourth-order valence-electron chi connectivity index (χ4n) is 1.94. The Balaban J connectivity index is 2.01. The first-order chi connectivity index (χ1) is 9.47. The highest BCUT2D eigenvalue weighted by Crippen LogP contribution is 2.27. The van der Waals surface area contributed by atoms with Crippen molar-refractivity contribution in [1.82, 2.24) is 9.78 Å². The SMILES string of the molecule is Cn1ncc(Cl)c1S(=O)(=O)Nc1ccc2sccc2c1. The minimum Gasteiger partial charge on any atom is -0.278 e. The second-order valence-electron chi connectivity index (χ2n) is 4.20. The van der Waals surface area contributed by atoms with E-state index in [0.717, 1.165) is 10.1 Å². The minimum absolute atomic E-state index is 0.0513. The lowest BCUT2D eigenvalue weighted by atomic mass is 10.2. The summed E-state index contributed by atoms with van der Waals surface area (Å²) in [5, 5.41) is 6.83. The smallest absolute Gasteiger partial charge is 0.278 e. The molecule has 20 heavy (non-hydrogen) atoms. The lowest BCUT2D eigenvalue weighted by molar-refractivity contribution is 0.582. The van der Waals surface area contributed by atoms with Crippen molar-refractivity contribution in [3.05, 3.63) is 40.9 Å². The molecule has 0 radical (unpaired) electrons. The third kappa shape index (κ3) is 2.28.